The molecule has 0 aliphatic heterocycles. The van der Waals surface area contributed by atoms with Gasteiger partial charge in [-0.05, 0) is 35.0 Å². The fraction of sp³-hybridized carbons (Fsp3) is 0.250. The Bertz CT molecular complexity index is 409. The Morgan fingerprint density at radius 1 is 1.50 bits per heavy atom. The summed E-state index contributed by atoms with van der Waals surface area (Å²) < 4.78 is 1.09. The Hall–Kier alpha value is -0.870. The number of amides is 1. The van der Waals surface area contributed by atoms with Crippen LogP contribution in [0.3, 0.4) is 0 Å². The molecule has 0 aromatic carbocycles. The molecule has 1 aromatic heterocycles. The summed E-state index contributed by atoms with van der Waals surface area (Å²) in [6.07, 6.45) is 7.06. The van der Waals surface area contributed by atoms with Gasteiger partial charge in [-0.2, -0.15) is 0 Å². The summed E-state index contributed by atoms with van der Waals surface area (Å²) in [5.41, 5.74) is 0. The van der Waals surface area contributed by atoms with E-state index < -0.39 is 0 Å². The number of hydrogen-bond acceptors (Lipinski definition) is 2. The number of carbonyl (C=O) groups excluding carboxylic acids is 1. The molecule has 0 unspecified atom stereocenters. The lowest BCUT2D eigenvalue weighted by Gasteiger charge is -2.13. The minimum Gasteiger partial charge on any atom is -0.337 e. The fourth-order valence-corrected chi connectivity index (χ4v) is 2.66. The first-order valence-corrected chi connectivity index (χ1v) is 6.53. The van der Waals surface area contributed by atoms with Crippen molar-refractivity contribution in [3.05, 3.63) is 45.1 Å². The van der Waals surface area contributed by atoms with Crippen molar-refractivity contribution in [2.24, 2.45) is 0 Å². The molecule has 16 heavy (non-hydrogen) atoms. The Morgan fingerprint density at radius 2 is 2.25 bits per heavy atom. The molecule has 0 bridgehead atoms. The maximum atomic E-state index is 11.6. The first-order valence-electron chi connectivity index (χ1n) is 4.92. The van der Waals surface area contributed by atoms with Gasteiger partial charge in [0.1, 0.15) is 0 Å². The van der Waals surface area contributed by atoms with E-state index in [1.54, 1.807) is 35.4 Å². The first-order chi connectivity index (χ1) is 7.63. The van der Waals surface area contributed by atoms with Crippen LogP contribution in [0.1, 0.15) is 11.8 Å². The van der Waals surface area contributed by atoms with Crippen molar-refractivity contribution in [2.45, 2.75) is 13.5 Å². The van der Waals surface area contributed by atoms with E-state index in [4.69, 9.17) is 0 Å². The molecule has 0 radical (unpaired) electrons. The van der Waals surface area contributed by atoms with E-state index in [1.165, 1.54) is 4.88 Å². The van der Waals surface area contributed by atoms with Gasteiger partial charge in [-0.1, -0.05) is 18.2 Å². The number of likely N-dealkylation sites (N-methyl/N-ethyl adjacent to an activating group) is 1. The maximum absolute atomic E-state index is 11.6. The highest BCUT2D eigenvalue weighted by molar-refractivity contribution is 9.11. The van der Waals surface area contributed by atoms with Gasteiger partial charge in [0.25, 0.3) is 0 Å². The van der Waals surface area contributed by atoms with E-state index in [-0.39, 0.29) is 5.91 Å². The molecule has 0 fully saturated rings. The van der Waals surface area contributed by atoms with E-state index in [0.717, 1.165) is 3.79 Å². The van der Waals surface area contributed by atoms with Crippen molar-refractivity contribution >= 4 is 33.2 Å². The van der Waals surface area contributed by atoms with Crippen LogP contribution >= 0.6 is 27.3 Å². The summed E-state index contributed by atoms with van der Waals surface area (Å²) >= 11 is 5.05. The first kappa shape index (κ1) is 13.2. The van der Waals surface area contributed by atoms with Crippen molar-refractivity contribution < 1.29 is 4.79 Å². The van der Waals surface area contributed by atoms with Gasteiger partial charge in [0.05, 0.1) is 10.3 Å². The van der Waals surface area contributed by atoms with Gasteiger partial charge in [-0.15, -0.1) is 11.3 Å². The van der Waals surface area contributed by atoms with Gasteiger partial charge >= 0.3 is 0 Å². The maximum Gasteiger partial charge on any atom is 0.246 e. The van der Waals surface area contributed by atoms with Crippen LogP contribution in [0.5, 0.6) is 0 Å². The van der Waals surface area contributed by atoms with Crippen LogP contribution in [0, 0.1) is 0 Å². The molecule has 0 saturated carbocycles. The molecule has 0 saturated heterocycles. The molecule has 1 amide bonds. The Kier molecular flexibility index (Phi) is 5.49. The van der Waals surface area contributed by atoms with Gasteiger partial charge in [0, 0.05) is 18.0 Å². The predicted molar refractivity (Wildman–Crippen MR) is 72.4 cm³/mol. The van der Waals surface area contributed by atoms with Crippen LogP contribution in [-0.4, -0.2) is 17.9 Å². The third kappa shape index (κ3) is 4.33. The SMILES string of the molecule is CC=CC=CC(=O)N(C)Cc1ccc(Br)s1. The smallest absolute Gasteiger partial charge is 0.246 e. The molecule has 0 atom stereocenters. The van der Waals surface area contributed by atoms with Crippen LogP contribution in [0.25, 0.3) is 0 Å². The quantitative estimate of drug-likeness (QED) is 0.614. The fourth-order valence-electron chi connectivity index (χ4n) is 1.12. The van der Waals surface area contributed by atoms with E-state index in [0.29, 0.717) is 6.54 Å². The second-order valence-corrected chi connectivity index (χ2v) is 5.83. The standard InChI is InChI=1S/C12H14BrNOS/c1-3-4-5-6-12(15)14(2)9-10-7-8-11(13)16-10/h3-8H,9H2,1-2H3. The molecule has 4 heteroatoms. The monoisotopic (exact) mass is 299 g/mol. The minimum absolute atomic E-state index is 0.0163. The van der Waals surface area contributed by atoms with E-state index in [1.807, 2.05) is 31.2 Å². The minimum atomic E-state index is 0.0163. The average Bonchev–Trinajstić information content (AvgIpc) is 2.64. The van der Waals surface area contributed by atoms with Crippen molar-refractivity contribution in [1.82, 2.24) is 4.90 Å². The zero-order valence-electron chi connectivity index (χ0n) is 9.31. The van der Waals surface area contributed by atoms with Gasteiger partial charge in [0.15, 0.2) is 0 Å². The lowest BCUT2D eigenvalue weighted by molar-refractivity contribution is -0.125. The van der Waals surface area contributed by atoms with Gasteiger partial charge < -0.3 is 4.90 Å². The van der Waals surface area contributed by atoms with Gasteiger partial charge in [-0.3, -0.25) is 4.79 Å². The van der Waals surface area contributed by atoms with Crippen molar-refractivity contribution in [2.75, 3.05) is 7.05 Å². The van der Waals surface area contributed by atoms with Crippen molar-refractivity contribution in [1.29, 1.82) is 0 Å². The molecule has 2 nitrogen and oxygen atoms in total. The summed E-state index contributed by atoms with van der Waals surface area (Å²) in [7, 11) is 1.80. The van der Waals surface area contributed by atoms with Crippen molar-refractivity contribution in [3.8, 4) is 0 Å². The van der Waals surface area contributed by atoms with Crippen LogP contribution in [0.2, 0.25) is 0 Å². The van der Waals surface area contributed by atoms with E-state index in [9.17, 15) is 4.79 Å². The molecule has 0 aliphatic carbocycles. The molecule has 0 spiro atoms. The van der Waals surface area contributed by atoms with E-state index >= 15 is 0 Å². The summed E-state index contributed by atoms with van der Waals surface area (Å²) in [4.78, 5) is 14.5. The normalized spacial score (nSPS) is 11.4. The molecular formula is C12H14BrNOS. The molecule has 0 aliphatic rings. The highest BCUT2D eigenvalue weighted by atomic mass is 79.9. The Balaban J connectivity index is 2.52. The molecule has 0 N–H and O–H groups in total. The summed E-state index contributed by atoms with van der Waals surface area (Å²) in [5, 5.41) is 0. The van der Waals surface area contributed by atoms with E-state index in [2.05, 4.69) is 15.9 Å². The third-order valence-corrected chi connectivity index (χ3v) is 3.55. The number of nitrogens with zero attached hydrogens (tertiary/aromatic N) is 1. The molecule has 1 rings (SSSR count). The number of thiophene rings is 1. The van der Waals surface area contributed by atoms with Crippen LogP contribution in [-0.2, 0) is 11.3 Å². The Morgan fingerprint density at radius 3 is 2.81 bits per heavy atom. The highest BCUT2D eigenvalue weighted by Crippen LogP contribution is 2.22. The summed E-state index contributed by atoms with van der Waals surface area (Å²) in [6.45, 7) is 2.57. The summed E-state index contributed by atoms with van der Waals surface area (Å²) in [5.74, 6) is 0.0163. The zero-order chi connectivity index (χ0) is 12.0. The molecule has 1 aromatic rings. The number of hydrogen-bond donors (Lipinski definition) is 0. The molecule has 86 valence electrons. The predicted octanol–water partition coefficient (Wildman–Crippen LogP) is 3.60. The Labute approximate surface area is 108 Å². The topological polar surface area (TPSA) is 20.3 Å². The largest absolute Gasteiger partial charge is 0.337 e. The molecular weight excluding hydrogens is 286 g/mol. The number of allylic oxidation sites excluding steroid dienone is 3. The highest BCUT2D eigenvalue weighted by Gasteiger charge is 2.06. The summed E-state index contributed by atoms with van der Waals surface area (Å²) in [6, 6.07) is 4.02. The van der Waals surface area contributed by atoms with Gasteiger partial charge in [-0.25, -0.2) is 0 Å². The van der Waals surface area contributed by atoms with Crippen LogP contribution in [0.15, 0.2) is 40.2 Å². The van der Waals surface area contributed by atoms with Crippen LogP contribution in [0.4, 0.5) is 0 Å². The third-order valence-electron chi connectivity index (χ3n) is 1.94. The zero-order valence-corrected chi connectivity index (χ0v) is 11.7. The second kappa shape index (κ2) is 6.66. The average molecular weight is 300 g/mol. The number of carbonyl (C=O) groups is 1. The number of rotatable bonds is 4. The van der Waals surface area contributed by atoms with Crippen molar-refractivity contribution in [3.63, 3.8) is 0 Å². The van der Waals surface area contributed by atoms with Gasteiger partial charge in [0.2, 0.25) is 5.91 Å². The lowest BCUT2D eigenvalue weighted by Crippen LogP contribution is -2.23. The number of halogens is 1. The second-order valence-electron chi connectivity index (χ2n) is 3.29. The van der Waals surface area contributed by atoms with Crippen LogP contribution < -0.4 is 0 Å². The molecule has 1 heterocycles. The lowest BCUT2D eigenvalue weighted by atomic mass is 10.4.